The zero-order chi connectivity index (χ0) is 9.26. The van der Waals surface area contributed by atoms with Gasteiger partial charge in [0.1, 0.15) is 0 Å². The van der Waals surface area contributed by atoms with Gasteiger partial charge in [0.2, 0.25) is 0 Å². The number of allylic oxidation sites excluding steroid dienone is 2. The second-order valence-corrected chi connectivity index (χ2v) is 3.67. The molecule has 3 unspecified atom stereocenters. The van der Waals surface area contributed by atoms with Crippen molar-refractivity contribution in [2.75, 3.05) is 0 Å². The fourth-order valence-electron chi connectivity index (χ4n) is 1.74. The predicted octanol–water partition coefficient (Wildman–Crippen LogP) is 1.22. The van der Waals surface area contributed by atoms with Gasteiger partial charge in [-0.1, -0.05) is 23.4 Å². The molecular weight excluding hydrogens is 164 g/mol. The van der Waals surface area contributed by atoms with Gasteiger partial charge in [-0.05, 0) is 18.9 Å². The molecule has 3 atom stereocenters. The van der Waals surface area contributed by atoms with E-state index in [1.54, 1.807) is 0 Å². The van der Waals surface area contributed by atoms with Gasteiger partial charge < -0.3 is 10.6 Å². The molecule has 2 N–H and O–H groups in total. The molecule has 0 aromatic heterocycles. The molecule has 1 aliphatic heterocycles. The van der Waals surface area contributed by atoms with Gasteiger partial charge >= 0.3 is 0 Å². The summed E-state index contributed by atoms with van der Waals surface area (Å²) in [6, 6.07) is 0.183. The second kappa shape index (κ2) is 3.34. The van der Waals surface area contributed by atoms with Crippen LogP contribution in [-0.4, -0.2) is 18.4 Å². The first-order valence-electron chi connectivity index (χ1n) is 4.59. The number of fused-ring (bicyclic) bond motifs is 1. The fraction of sp³-hybridized carbons (Fsp3) is 0.500. The highest BCUT2D eigenvalue weighted by atomic mass is 16.6. The Morgan fingerprint density at radius 3 is 3.31 bits per heavy atom. The summed E-state index contributed by atoms with van der Waals surface area (Å²) in [4.78, 5) is 5.26. The van der Waals surface area contributed by atoms with E-state index in [1.165, 1.54) is 5.57 Å². The molecule has 0 aromatic rings. The summed E-state index contributed by atoms with van der Waals surface area (Å²) in [5.74, 6) is 0.318. The summed E-state index contributed by atoms with van der Waals surface area (Å²) in [5.41, 5.74) is 6.99. The highest BCUT2D eigenvalue weighted by Gasteiger charge is 2.29. The van der Waals surface area contributed by atoms with Crippen molar-refractivity contribution in [2.45, 2.75) is 25.5 Å². The summed E-state index contributed by atoms with van der Waals surface area (Å²) in [6.45, 7) is 2.00. The van der Waals surface area contributed by atoms with E-state index in [4.69, 9.17) is 10.6 Å². The molecule has 0 bridgehead atoms. The Morgan fingerprint density at radius 2 is 2.54 bits per heavy atom. The van der Waals surface area contributed by atoms with Gasteiger partial charge in [-0.25, -0.2) is 0 Å². The third kappa shape index (κ3) is 1.65. The van der Waals surface area contributed by atoms with Gasteiger partial charge in [-0.15, -0.1) is 0 Å². The average Bonchev–Trinajstić information content (AvgIpc) is 2.51. The van der Waals surface area contributed by atoms with Crippen molar-refractivity contribution in [3.05, 3.63) is 23.8 Å². The second-order valence-electron chi connectivity index (χ2n) is 3.67. The van der Waals surface area contributed by atoms with Crippen LogP contribution in [0.1, 0.15) is 13.3 Å². The summed E-state index contributed by atoms with van der Waals surface area (Å²) in [6.07, 6.45) is 9.07. The van der Waals surface area contributed by atoms with Crippen molar-refractivity contribution in [2.24, 2.45) is 16.8 Å². The molecule has 13 heavy (non-hydrogen) atoms. The van der Waals surface area contributed by atoms with E-state index in [0.717, 1.165) is 6.42 Å². The van der Waals surface area contributed by atoms with Crippen LogP contribution in [0.2, 0.25) is 0 Å². The van der Waals surface area contributed by atoms with Crippen LogP contribution in [0.4, 0.5) is 0 Å². The van der Waals surface area contributed by atoms with Crippen molar-refractivity contribution < 1.29 is 4.84 Å². The number of hydrogen-bond donors (Lipinski definition) is 1. The first-order chi connectivity index (χ1) is 6.27. The van der Waals surface area contributed by atoms with Gasteiger partial charge in [-0.3, -0.25) is 0 Å². The van der Waals surface area contributed by atoms with Crippen LogP contribution in [0.25, 0.3) is 0 Å². The zero-order valence-electron chi connectivity index (χ0n) is 7.68. The zero-order valence-corrected chi connectivity index (χ0v) is 7.68. The van der Waals surface area contributed by atoms with E-state index in [2.05, 4.69) is 23.4 Å². The quantitative estimate of drug-likeness (QED) is 0.691. The van der Waals surface area contributed by atoms with Gasteiger partial charge in [0.15, 0.2) is 6.10 Å². The Hall–Kier alpha value is -1.09. The molecular formula is C10H14N2O. The topological polar surface area (TPSA) is 47.6 Å². The van der Waals surface area contributed by atoms with Crippen LogP contribution in [-0.2, 0) is 4.84 Å². The maximum atomic E-state index is 5.74. The Morgan fingerprint density at radius 1 is 1.69 bits per heavy atom. The maximum Gasteiger partial charge on any atom is 0.160 e. The minimum atomic E-state index is 0.107. The number of rotatable bonds is 2. The lowest BCUT2D eigenvalue weighted by atomic mass is 9.89. The van der Waals surface area contributed by atoms with Gasteiger partial charge in [0.25, 0.3) is 0 Å². The van der Waals surface area contributed by atoms with Crippen LogP contribution < -0.4 is 5.73 Å². The highest BCUT2D eigenvalue weighted by Crippen LogP contribution is 2.28. The first kappa shape index (κ1) is 8.51. The van der Waals surface area contributed by atoms with Crippen LogP contribution >= 0.6 is 0 Å². The normalized spacial score (nSPS) is 32.3. The molecule has 0 spiro atoms. The lowest BCUT2D eigenvalue weighted by Gasteiger charge is -2.21. The number of hydrogen-bond acceptors (Lipinski definition) is 3. The molecule has 0 aromatic carbocycles. The molecule has 70 valence electrons. The SMILES string of the molecule is CC(N)CC1=CC=CC2C=NOC12. The van der Waals surface area contributed by atoms with Crippen molar-refractivity contribution in [1.29, 1.82) is 0 Å². The van der Waals surface area contributed by atoms with Crippen LogP contribution in [0.3, 0.4) is 0 Å². The molecule has 1 heterocycles. The average molecular weight is 178 g/mol. The molecule has 0 radical (unpaired) electrons. The van der Waals surface area contributed by atoms with Crippen LogP contribution in [0.15, 0.2) is 29.0 Å². The van der Waals surface area contributed by atoms with E-state index < -0.39 is 0 Å². The fourth-order valence-corrected chi connectivity index (χ4v) is 1.74. The van der Waals surface area contributed by atoms with Crippen molar-refractivity contribution in [3.63, 3.8) is 0 Å². The summed E-state index contributed by atoms with van der Waals surface area (Å²) < 4.78 is 0. The van der Waals surface area contributed by atoms with Crippen LogP contribution in [0.5, 0.6) is 0 Å². The Bertz CT molecular complexity index is 279. The van der Waals surface area contributed by atoms with Crippen molar-refractivity contribution in [3.8, 4) is 0 Å². The highest BCUT2D eigenvalue weighted by molar-refractivity contribution is 5.67. The first-order valence-corrected chi connectivity index (χ1v) is 4.59. The summed E-state index contributed by atoms with van der Waals surface area (Å²) in [7, 11) is 0. The molecule has 0 amide bonds. The molecule has 0 saturated carbocycles. The molecule has 1 aliphatic carbocycles. The predicted molar refractivity (Wildman–Crippen MR) is 52.3 cm³/mol. The number of nitrogens with zero attached hydrogens (tertiary/aromatic N) is 1. The molecule has 2 rings (SSSR count). The van der Waals surface area contributed by atoms with E-state index >= 15 is 0 Å². The Labute approximate surface area is 77.9 Å². The molecule has 0 fully saturated rings. The van der Waals surface area contributed by atoms with Crippen LogP contribution in [0, 0.1) is 5.92 Å². The van der Waals surface area contributed by atoms with Gasteiger partial charge in [0.05, 0.1) is 12.1 Å². The monoisotopic (exact) mass is 178 g/mol. The van der Waals surface area contributed by atoms with Gasteiger partial charge in [0, 0.05) is 6.04 Å². The van der Waals surface area contributed by atoms with Crippen molar-refractivity contribution >= 4 is 6.21 Å². The van der Waals surface area contributed by atoms with E-state index in [-0.39, 0.29) is 12.1 Å². The smallest absolute Gasteiger partial charge is 0.160 e. The summed E-state index contributed by atoms with van der Waals surface area (Å²) >= 11 is 0. The summed E-state index contributed by atoms with van der Waals surface area (Å²) in [5, 5.41) is 3.83. The number of oxime groups is 1. The maximum absolute atomic E-state index is 5.74. The minimum absolute atomic E-state index is 0.107. The molecule has 0 saturated heterocycles. The molecule has 3 nitrogen and oxygen atoms in total. The number of nitrogens with two attached hydrogens (primary N) is 1. The molecule has 2 aliphatic rings. The lowest BCUT2D eigenvalue weighted by molar-refractivity contribution is 0.0934. The minimum Gasteiger partial charge on any atom is -0.387 e. The van der Waals surface area contributed by atoms with E-state index in [1.807, 2.05) is 13.1 Å². The lowest BCUT2D eigenvalue weighted by Crippen LogP contribution is -2.26. The largest absolute Gasteiger partial charge is 0.387 e. The third-order valence-corrected chi connectivity index (χ3v) is 2.32. The third-order valence-electron chi connectivity index (χ3n) is 2.32. The van der Waals surface area contributed by atoms with Gasteiger partial charge in [-0.2, -0.15) is 0 Å². The van der Waals surface area contributed by atoms with E-state index in [0.29, 0.717) is 5.92 Å². The van der Waals surface area contributed by atoms with E-state index in [9.17, 15) is 0 Å². The Balaban J connectivity index is 2.10. The molecule has 3 heteroatoms. The van der Waals surface area contributed by atoms with Crippen molar-refractivity contribution in [1.82, 2.24) is 0 Å². The standard InChI is InChI=1S/C10H14N2O/c1-7(11)5-8-3-2-4-9-6-12-13-10(8)9/h2-4,6-7,9-10H,5,11H2,1H3. The Kier molecular flexibility index (Phi) is 2.19.